The average Bonchev–Trinajstić information content (AvgIpc) is 2.68. The van der Waals surface area contributed by atoms with Crippen molar-refractivity contribution in [3.05, 3.63) is 0 Å². The maximum atomic E-state index is 11.5. The van der Waals surface area contributed by atoms with Crippen molar-refractivity contribution in [3.8, 4) is 0 Å². The molecule has 72 valence electrons. The zero-order valence-corrected chi connectivity index (χ0v) is 8.61. The summed E-state index contributed by atoms with van der Waals surface area (Å²) in [5.41, 5.74) is 0. The lowest BCUT2D eigenvalue weighted by molar-refractivity contribution is -0.144. The van der Waals surface area contributed by atoms with Gasteiger partial charge in [-0.05, 0) is 18.3 Å². The molecule has 2 aliphatic carbocycles. The SMILES string of the molecule is O=C1O[C@@H]2[C@@H](Br)[C@@H]3C[C@H]2[C@@H]1[C@H]3CO. The monoisotopic (exact) mass is 246 g/mol. The number of fused-ring (bicyclic) bond motifs is 1. The molecule has 3 nitrogen and oxygen atoms in total. The number of halogens is 1. The number of alkyl halides is 1. The predicted octanol–water partition coefficient (Wildman–Crippen LogP) is 0.550. The van der Waals surface area contributed by atoms with Crippen molar-refractivity contribution in [2.75, 3.05) is 6.61 Å². The third-order valence-electron chi connectivity index (χ3n) is 3.90. The number of aliphatic hydroxyl groups excluding tert-OH is 1. The summed E-state index contributed by atoms with van der Waals surface area (Å²) in [6.45, 7) is 0.121. The number of hydrogen-bond acceptors (Lipinski definition) is 3. The second-order valence-electron chi connectivity index (χ2n) is 4.28. The van der Waals surface area contributed by atoms with E-state index in [1.165, 1.54) is 0 Å². The van der Waals surface area contributed by atoms with Crippen LogP contribution in [-0.4, -0.2) is 28.6 Å². The minimum absolute atomic E-state index is 0.00574. The van der Waals surface area contributed by atoms with Gasteiger partial charge < -0.3 is 9.84 Å². The number of carbonyl (C=O) groups excluding carboxylic acids is 1. The van der Waals surface area contributed by atoms with E-state index in [2.05, 4.69) is 15.9 Å². The van der Waals surface area contributed by atoms with E-state index in [1.807, 2.05) is 0 Å². The van der Waals surface area contributed by atoms with Gasteiger partial charge >= 0.3 is 5.97 Å². The van der Waals surface area contributed by atoms with Crippen LogP contribution in [0.3, 0.4) is 0 Å². The van der Waals surface area contributed by atoms with Gasteiger partial charge in [0.1, 0.15) is 6.10 Å². The molecular formula is C9H11BrO3. The number of hydrogen-bond donors (Lipinski definition) is 1. The minimum Gasteiger partial charge on any atom is -0.461 e. The van der Waals surface area contributed by atoms with E-state index >= 15 is 0 Å². The van der Waals surface area contributed by atoms with Gasteiger partial charge in [0, 0.05) is 12.5 Å². The van der Waals surface area contributed by atoms with E-state index in [1.54, 1.807) is 0 Å². The number of rotatable bonds is 1. The molecule has 0 aromatic heterocycles. The molecule has 2 bridgehead atoms. The molecular weight excluding hydrogens is 236 g/mol. The molecule has 3 rings (SSSR count). The van der Waals surface area contributed by atoms with Crippen LogP contribution in [0.5, 0.6) is 0 Å². The first kappa shape index (κ1) is 8.24. The maximum Gasteiger partial charge on any atom is 0.310 e. The molecule has 0 spiro atoms. The Morgan fingerprint density at radius 3 is 3.00 bits per heavy atom. The molecule has 2 saturated carbocycles. The van der Waals surface area contributed by atoms with Crippen molar-refractivity contribution < 1.29 is 14.6 Å². The highest BCUT2D eigenvalue weighted by molar-refractivity contribution is 9.09. The van der Waals surface area contributed by atoms with Gasteiger partial charge in [0.15, 0.2) is 0 Å². The zero-order valence-electron chi connectivity index (χ0n) is 7.02. The second-order valence-corrected chi connectivity index (χ2v) is 5.34. The molecule has 3 fully saturated rings. The molecule has 0 amide bonds. The lowest BCUT2D eigenvalue weighted by Gasteiger charge is -2.26. The molecule has 0 aromatic carbocycles. The van der Waals surface area contributed by atoms with Crippen LogP contribution in [0.4, 0.5) is 0 Å². The molecule has 1 heterocycles. The highest BCUT2D eigenvalue weighted by atomic mass is 79.9. The highest BCUT2D eigenvalue weighted by Crippen LogP contribution is 2.59. The Labute approximate surface area is 84.6 Å². The summed E-state index contributed by atoms with van der Waals surface area (Å²) in [6, 6.07) is 0. The largest absolute Gasteiger partial charge is 0.461 e. The first-order valence-electron chi connectivity index (χ1n) is 4.69. The van der Waals surface area contributed by atoms with Gasteiger partial charge in [-0.3, -0.25) is 4.79 Å². The molecule has 13 heavy (non-hydrogen) atoms. The van der Waals surface area contributed by atoms with E-state index in [-0.39, 0.29) is 35.3 Å². The van der Waals surface area contributed by atoms with Crippen molar-refractivity contribution in [2.24, 2.45) is 23.7 Å². The van der Waals surface area contributed by atoms with Crippen LogP contribution in [0.15, 0.2) is 0 Å². The Balaban J connectivity index is 2.01. The van der Waals surface area contributed by atoms with Gasteiger partial charge in [-0.15, -0.1) is 0 Å². The average molecular weight is 247 g/mol. The minimum atomic E-state index is -0.0847. The maximum absolute atomic E-state index is 11.5. The number of ether oxygens (including phenoxy) is 1. The third-order valence-corrected chi connectivity index (χ3v) is 5.10. The summed E-state index contributed by atoms with van der Waals surface area (Å²) in [7, 11) is 0. The zero-order chi connectivity index (χ0) is 9.16. The normalized spacial score (nSPS) is 57.2. The Morgan fingerprint density at radius 2 is 2.31 bits per heavy atom. The molecule has 6 atom stereocenters. The van der Waals surface area contributed by atoms with Crippen molar-refractivity contribution >= 4 is 21.9 Å². The number of carbonyl (C=O) groups is 1. The summed E-state index contributed by atoms with van der Waals surface area (Å²) >= 11 is 3.57. The lowest BCUT2D eigenvalue weighted by Crippen LogP contribution is -2.35. The van der Waals surface area contributed by atoms with Gasteiger partial charge in [-0.2, -0.15) is 0 Å². The lowest BCUT2D eigenvalue weighted by atomic mass is 9.80. The summed E-state index contributed by atoms with van der Waals surface area (Å²) in [5, 5.41) is 9.22. The van der Waals surface area contributed by atoms with Crippen LogP contribution >= 0.6 is 15.9 Å². The van der Waals surface area contributed by atoms with E-state index in [0.29, 0.717) is 11.8 Å². The first-order valence-corrected chi connectivity index (χ1v) is 5.61. The Hall–Kier alpha value is -0.0900. The fourth-order valence-electron chi connectivity index (χ4n) is 3.37. The van der Waals surface area contributed by atoms with Crippen LogP contribution in [0, 0.1) is 23.7 Å². The van der Waals surface area contributed by atoms with Gasteiger partial charge in [0.05, 0.1) is 10.7 Å². The quantitative estimate of drug-likeness (QED) is 0.543. The Kier molecular flexibility index (Phi) is 1.57. The standard InChI is InChI=1S/C9H11BrO3/c10-7-3-1-4-6(5(3)2-11)9(12)13-8(4)7/h3-8,11H,1-2H2/t3-,4+,5+,6-,7+,8+/m1/s1. The predicted molar refractivity (Wildman–Crippen MR) is 48.3 cm³/mol. The smallest absolute Gasteiger partial charge is 0.310 e. The molecule has 0 unspecified atom stereocenters. The number of esters is 1. The highest BCUT2D eigenvalue weighted by Gasteiger charge is 2.65. The van der Waals surface area contributed by atoms with E-state index in [9.17, 15) is 9.90 Å². The third kappa shape index (κ3) is 0.814. The van der Waals surface area contributed by atoms with Crippen molar-refractivity contribution in [1.82, 2.24) is 0 Å². The second kappa shape index (κ2) is 2.48. The Bertz CT molecular complexity index is 268. The van der Waals surface area contributed by atoms with Crippen molar-refractivity contribution in [1.29, 1.82) is 0 Å². The van der Waals surface area contributed by atoms with Crippen molar-refractivity contribution in [3.63, 3.8) is 0 Å². The van der Waals surface area contributed by atoms with Gasteiger partial charge in [-0.25, -0.2) is 0 Å². The number of aliphatic hydroxyl groups is 1. The molecule has 0 aromatic rings. The Morgan fingerprint density at radius 1 is 1.54 bits per heavy atom. The van der Waals surface area contributed by atoms with E-state index < -0.39 is 0 Å². The van der Waals surface area contributed by atoms with E-state index in [0.717, 1.165) is 6.42 Å². The summed E-state index contributed by atoms with van der Waals surface area (Å²) < 4.78 is 5.29. The van der Waals surface area contributed by atoms with Gasteiger partial charge in [0.25, 0.3) is 0 Å². The van der Waals surface area contributed by atoms with Crippen molar-refractivity contribution in [2.45, 2.75) is 17.4 Å². The summed E-state index contributed by atoms with van der Waals surface area (Å²) in [5.74, 6) is 0.864. The molecule has 4 heteroatoms. The fraction of sp³-hybridized carbons (Fsp3) is 0.889. The first-order chi connectivity index (χ1) is 6.24. The molecule has 0 radical (unpaired) electrons. The summed E-state index contributed by atoms with van der Waals surface area (Å²) in [4.78, 5) is 11.7. The molecule has 1 N–H and O–H groups in total. The van der Waals surface area contributed by atoms with Gasteiger partial charge in [0.2, 0.25) is 0 Å². The van der Waals surface area contributed by atoms with Gasteiger partial charge in [-0.1, -0.05) is 15.9 Å². The van der Waals surface area contributed by atoms with Crippen LogP contribution in [0.2, 0.25) is 0 Å². The van der Waals surface area contributed by atoms with E-state index in [4.69, 9.17) is 4.74 Å². The van der Waals surface area contributed by atoms with Crippen LogP contribution in [-0.2, 0) is 9.53 Å². The topological polar surface area (TPSA) is 46.5 Å². The summed E-state index contributed by atoms with van der Waals surface area (Å²) in [6.07, 6.45) is 1.13. The molecule has 1 saturated heterocycles. The fourth-order valence-corrected chi connectivity index (χ4v) is 4.48. The van der Waals surface area contributed by atoms with Crippen LogP contribution in [0.25, 0.3) is 0 Å². The van der Waals surface area contributed by atoms with Crippen LogP contribution < -0.4 is 0 Å². The molecule has 3 aliphatic rings. The van der Waals surface area contributed by atoms with Crippen LogP contribution in [0.1, 0.15) is 6.42 Å². The molecule has 1 aliphatic heterocycles.